The van der Waals surface area contributed by atoms with E-state index in [0.29, 0.717) is 0 Å². The van der Waals surface area contributed by atoms with Crippen molar-refractivity contribution in [3.05, 3.63) is 18.2 Å². The third kappa shape index (κ3) is 3.07. The summed E-state index contributed by atoms with van der Waals surface area (Å²) in [6.07, 6.45) is 4.84. The molecule has 0 radical (unpaired) electrons. The molecule has 68 valence electrons. The number of aryl methyl sites for hydroxylation is 2. The van der Waals surface area contributed by atoms with Gasteiger partial charge in [-0.05, 0) is 0 Å². The molecule has 0 saturated heterocycles. The predicted molar refractivity (Wildman–Crippen MR) is 55.0 cm³/mol. The van der Waals surface area contributed by atoms with Gasteiger partial charge < -0.3 is 4.57 Å². The van der Waals surface area contributed by atoms with E-state index in [4.69, 9.17) is 11.6 Å². The van der Waals surface area contributed by atoms with E-state index in [1.165, 1.54) is 0 Å². The number of aromatic nitrogens is 2. The fourth-order valence-electron chi connectivity index (χ4n) is 0.957. The molecule has 0 spiro atoms. The maximum Gasteiger partial charge on any atom is 0.109 e. The average Bonchev–Trinajstić information content (AvgIpc) is 2.46. The van der Waals surface area contributed by atoms with Gasteiger partial charge in [-0.25, -0.2) is 4.98 Å². The average molecular weight is 205 g/mol. The lowest BCUT2D eigenvalue weighted by Crippen LogP contribution is -1.99. The van der Waals surface area contributed by atoms with Crippen LogP contribution < -0.4 is 0 Å². The van der Waals surface area contributed by atoms with Crippen molar-refractivity contribution >= 4 is 23.4 Å². The number of imidazole rings is 1. The van der Waals surface area contributed by atoms with Gasteiger partial charge in [0.15, 0.2) is 0 Å². The third-order valence-electron chi connectivity index (χ3n) is 1.61. The van der Waals surface area contributed by atoms with Crippen molar-refractivity contribution in [2.75, 3.05) is 17.4 Å². The predicted octanol–water partition coefficient (Wildman–Crippen LogP) is 1.93. The Morgan fingerprint density at radius 2 is 2.42 bits per heavy atom. The van der Waals surface area contributed by atoms with Gasteiger partial charge in [0, 0.05) is 43.2 Å². The van der Waals surface area contributed by atoms with Gasteiger partial charge >= 0.3 is 0 Å². The minimum Gasteiger partial charge on any atom is -0.338 e. The summed E-state index contributed by atoms with van der Waals surface area (Å²) in [5.41, 5.74) is 0. The van der Waals surface area contributed by atoms with Crippen LogP contribution in [0.4, 0.5) is 0 Å². The van der Waals surface area contributed by atoms with Crippen molar-refractivity contribution in [1.29, 1.82) is 0 Å². The van der Waals surface area contributed by atoms with Crippen molar-refractivity contribution in [2.24, 2.45) is 7.05 Å². The van der Waals surface area contributed by atoms with Gasteiger partial charge in [-0.15, -0.1) is 11.6 Å². The Morgan fingerprint density at radius 3 is 3.00 bits per heavy atom. The Kier molecular flexibility index (Phi) is 4.54. The molecule has 0 aliphatic carbocycles. The van der Waals surface area contributed by atoms with Crippen molar-refractivity contribution in [1.82, 2.24) is 9.55 Å². The fraction of sp³-hybridized carbons (Fsp3) is 0.625. The molecule has 1 heterocycles. The molecule has 0 aliphatic heterocycles. The van der Waals surface area contributed by atoms with Crippen molar-refractivity contribution in [3.8, 4) is 0 Å². The molecule has 0 amide bonds. The van der Waals surface area contributed by atoms with Gasteiger partial charge in [-0.3, -0.25) is 0 Å². The molecule has 0 saturated carbocycles. The second-order valence-corrected chi connectivity index (χ2v) is 4.11. The first kappa shape index (κ1) is 9.93. The van der Waals surface area contributed by atoms with Crippen molar-refractivity contribution < 1.29 is 0 Å². The van der Waals surface area contributed by atoms with E-state index < -0.39 is 0 Å². The standard InChI is InChI=1S/C8H13ClN2S/c1-11-5-4-10-8(11)2-6-12-7-3-9/h4-5H,2-3,6-7H2,1H3. The van der Waals surface area contributed by atoms with Crippen LogP contribution in [0.2, 0.25) is 0 Å². The molecule has 0 fully saturated rings. The molecular weight excluding hydrogens is 192 g/mol. The Bertz CT molecular complexity index is 225. The van der Waals surface area contributed by atoms with E-state index in [0.717, 1.165) is 29.6 Å². The summed E-state index contributed by atoms with van der Waals surface area (Å²) >= 11 is 7.43. The molecule has 1 aromatic heterocycles. The van der Waals surface area contributed by atoms with Crippen LogP contribution in [0.3, 0.4) is 0 Å². The molecule has 0 N–H and O–H groups in total. The van der Waals surface area contributed by atoms with Gasteiger partial charge in [0.2, 0.25) is 0 Å². The highest BCUT2D eigenvalue weighted by Gasteiger charge is 1.97. The topological polar surface area (TPSA) is 17.8 Å². The quantitative estimate of drug-likeness (QED) is 0.539. The zero-order chi connectivity index (χ0) is 8.81. The number of rotatable bonds is 5. The largest absolute Gasteiger partial charge is 0.338 e. The highest BCUT2D eigenvalue weighted by molar-refractivity contribution is 7.99. The Morgan fingerprint density at radius 1 is 1.58 bits per heavy atom. The van der Waals surface area contributed by atoms with Gasteiger partial charge in [-0.1, -0.05) is 0 Å². The first-order valence-electron chi connectivity index (χ1n) is 3.94. The number of alkyl halides is 1. The van der Waals surface area contributed by atoms with Gasteiger partial charge in [0.25, 0.3) is 0 Å². The number of nitrogens with zero attached hydrogens (tertiary/aromatic N) is 2. The first-order valence-corrected chi connectivity index (χ1v) is 5.63. The molecule has 1 rings (SSSR count). The fourth-order valence-corrected chi connectivity index (χ4v) is 1.92. The summed E-state index contributed by atoms with van der Waals surface area (Å²) in [5.74, 6) is 4.03. The second kappa shape index (κ2) is 5.49. The summed E-state index contributed by atoms with van der Waals surface area (Å²) in [4.78, 5) is 4.23. The zero-order valence-corrected chi connectivity index (χ0v) is 8.74. The zero-order valence-electron chi connectivity index (χ0n) is 7.16. The van der Waals surface area contributed by atoms with Crippen LogP contribution in [0.15, 0.2) is 12.4 Å². The summed E-state index contributed by atoms with van der Waals surface area (Å²) in [6.45, 7) is 0. The monoisotopic (exact) mass is 204 g/mol. The number of hydrogen-bond acceptors (Lipinski definition) is 2. The van der Waals surface area contributed by atoms with E-state index in [1.54, 1.807) is 0 Å². The molecule has 4 heteroatoms. The van der Waals surface area contributed by atoms with Gasteiger partial charge in [-0.2, -0.15) is 11.8 Å². The van der Waals surface area contributed by atoms with Crippen LogP contribution in [0.5, 0.6) is 0 Å². The lowest BCUT2D eigenvalue weighted by Gasteiger charge is -2.00. The van der Waals surface area contributed by atoms with E-state index in [9.17, 15) is 0 Å². The third-order valence-corrected chi connectivity index (χ3v) is 3.01. The summed E-state index contributed by atoms with van der Waals surface area (Å²) < 4.78 is 2.06. The molecule has 0 aliphatic rings. The summed E-state index contributed by atoms with van der Waals surface area (Å²) in [6, 6.07) is 0. The minimum absolute atomic E-state index is 0.741. The lowest BCUT2D eigenvalue weighted by atomic mass is 10.4. The van der Waals surface area contributed by atoms with Crippen LogP contribution in [0.1, 0.15) is 5.82 Å². The molecule has 1 aromatic rings. The van der Waals surface area contributed by atoms with Crippen LogP contribution in [0.25, 0.3) is 0 Å². The number of hydrogen-bond donors (Lipinski definition) is 0. The number of halogens is 1. The Balaban J connectivity index is 2.20. The lowest BCUT2D eigenvalue weighted by molar-refractivity contribution is 0.811. The van der Waals surface area contributed by atoms with Crippen LogP contribution in [-0.2, 0) is 13.5 Å². The molecule has 0 aromatic carbocycles. The van der Waals surface area contributed by atoms with E-state index >= 15 is 0 Å². The highest BCUT2D eigenvalue weighted by atomic mass is 35.5. The van der Waals surface area contributed by atoms with E-state index in [-0.39, 0.29) is 0 Å². The molecule has 2 nitrogen and oxygen atoms in total. The van der Waals surface area contributed by atoms with Crippen LogP contribution in [-0.4, -0.2) is 26.9 Å². The van der Waals surface area contributed by atoms with Gasteiger partial charge in [0.1, 0.15) is 5.82 Å². The molecule has 0 atom stereocenters. The SMILES string of the molecule is Cn1ccnc1CCSCCCl. The molecule has 12 heavy (non-hydrogen) atoms. The summed E-state index contributed by atoms with van der Waals surface area (Å²) in [7, 11) is 2.02. The maximum atomic E-state index is 5.55. The van der Waals surface area contributed by atoms with E-state index in [1.807, 2.05) is 31.2 Å². The van der Waals surface area contributed by atoms with Crippen molar-refractivity contribution in [3.63, 3.8) is 0 Å². The van der Waals surface area contributed by atoms with Gasteiger partial charge in [0.05, 0.1) is 0 Å². The first-order chi connectivity index (χ1) is 5.84. The summed E-state index contributed by atoms with van der Waals surface area (Å²) in [5, 5.41) is 0. The Hall–Kier alpha value is -0.150. The van der Waals surface area contributed by atoms with Crippen LogP contribution in [0, 0.1) is 0 Å². The van der Waals surface area contributed by atoms with E-state index in [2.05, 4.69) is 9.55 Å². The van der Waals surface area contributed by atoms with Crippen molar-refractivity contribution in [2.45, 2.75) is 6.42 Å². The Labute approximate surface area is 82.3 Å². The molecule has 0 unspecified atom stereocenters. The minimum atomic E-state index is 0.741. The number of thioether (sulfide) groups is 1. The van der Waals surface area contributed by atoms with Crippen LogP contribution >= 0.6 is 23.4 Å². The normalized spacial score (nSPS) is 10.5. The second-order valence-electron chi connectivity index (χ2n) is 2.51. The maximum absolute atomic E-state index is 5.55. The highest BCUT2D eigenvalue weighted by Crippen LogP contribution is 2.05. The molecular formula is C8H13ClN2S. The smallest absolute Gasteiger partial charge is 0.109 e. The molecule has 0 bridgehead atoms.